The summed E-state index contributed by atoms with van der Waals surface area (Å²) in [6.45, 7) is 3.76. The van der Waals surface area contributed by atoms with Gasteiger partial charge in [0.15, 0.2) is 0 Å². The molecule has 2 N–H and O–H groups in total. The van der Waals surface area contributed by atoms with Crippen molar-refractivity contribution < 1.29 is 14.3 Å². The summed E-state index contributed by atoms with van der Waals surface area (Å²) >= 11 is 0. The minimum Gasteiger partial charge on any atom is -0.497 e. The van der Waals surface area contributed by atoms with Gasteiger partial charge >= 0.3 is 11.8 Å². The molecule has 2 aromatic carbocycles. The van der Waals surface area contributed by atoms with Crippen molar-refractivity contribution in [1.82, 2.24) is 0 Å². The Bertz CT molecular complexity index is 673. The van der Waals surface area contributed by atoms with Gasteiger partial charge in [0, 0.05) is 11.4 Å². The van der Waals surface area contributed by atoms with E-state index in [0.717, 1.165) is 11.1 Å². The minimum atomic E-state index is -0.715. The molecule has 0 aromatic heterocycles. The molecule has 0 saturated carbocycles. The van der Waals surface area contributed by atoms with Crippen molar-refractivity contribution >= 4 is 23.2 Å². The predicted molar refractivity (Wildman–Crippen MR) is 86.2 cm³/mol. The maximum atomic E-state index is 12.0. The number of carbonyl (C=O) groups excluding carboxylic acids is 2. The normalized spacial score (nSPS) is 9.95. The number of ether oxygens (including phenoxy) is 1. The SMILES string of the molecule is COc1ccc(NC(=O)C(=O)Nc2c(C)cccc2C)cc1. The molecule has 0 bridgehead atoms. The summed E-state index contributed by atoms with van der Waals surface area (Å²) in [5, 5.41) is 5.19. The lowest BCUT2D eigenvalue weighted by atomic mass is 10.1. The van der Waals surface area contributed by atoms with Crippen molar-refractivity contribution in [2.45, 2.75) is 13.8 Å². The van der Waals surface area contributed by atoms with Gasteiger partial charge in [-0.05, 0) is 49.2 Å². The molecule has 0 unspecified atom stereocenters. The molecular weight excluding hydrogens is 280 g/mol. The first-order valence-corrected chi connectivity index (χ1v) is 6.84. The quantitative estimate of drug-likeness (QED) is 0.856. The maximum absolute atomic E-state index is 12.0. The number of aryl methyl sites for hydroxylation is 2. The van der Waals surface area contributed by atoms with Crippen molar-refractivity contribution in [3.8, 4) is 5.75 Å². The van der Waals surface area contributed by atoms with Crippen LogP contribution in [0.4, 0.5) is 11.4 Å². The van der Waals surface area contributed by atoms with Crippen LogP contribution in [0.15, 0.2) is 42.5 Å². The second-order valence-corrected chi connectivity index (χ2v) is 4.90. The number of rotatable bonds is 3. The molecule has 22 heavy (non-hydrogen) atoms. The lowest BCUT2D eigenvalue weighted by Gasteiger charge is -2.11. The van der Waals surface area contributed by atoms with Crippen LogP contribution in [-0.2, 0) is 9.59 Å². The Labute approximate surface area is 129 Å². The van der Waals surface area contributed by atoms with E-state index in [4.69, 9.17) is 4.74 Å². The number of nitrogens with one attached hydrogen (secondary N) is 2. The highest BCUT2D eigenvalue weighted by Gasteiger charge is 2.16. The summed E-state index contributed by atoms with van der Waals surface area (Å²) in [6.07, 6.45) is 0. The molecule has 5 nitrogen and oxygen atoms in total. The smallest absolute Gasteiger partial charge is 0.314 e. The molecule has 0 aliphatic carbocycles. The van der Waals surface area contributed by atoms with Gasteiger partial charge in [-0.1, -0.05) is 18.2 Å². The molecule has 0 aliphatic rings. The van der Waals surface area contributed by atoms with Crippen LogP contribution in [0.2, 0.25) is 0 Å². The topological polar surface area (TPSA) is 67.4 Å². The van der Waals surface area contributed by atoms with E-state index in [1.165, 1.54) is 0 Å². The Morgan fingerprint density at radius 1 is 0.864 bits per heavy atom. The first kappa shape index (κ1) is 15.6. The lowest BCUT2D eigenvalue weighted by molar-refractivity contribution is -0.133. The third-order valence-electron chi connectivity index (χ3n) is 3.27. The molecule has 0 spiro atoms. The zero-order chi connectivity index (χ0) is 16.1. The summed E-state index contributed by atoms with van der Waals surface area (Å²) in [5.74, 6) is -0.737. The van der Waals surface area contributed by atoms with E-state index in [0.29, 0.717) is 17.1 Å². The van der Waals surface area contributed by atoms with Gasteiger partial charge in [0.1, 0.15) is 5.75 Å². The fraction of sp³-hybridized carbons (Fsp3) is 0.176. The average Bonchev–Trinajstić information content (AvgIpc) is 2.51. The second kappa shape index (κ2) is 6.76. The van der Waals surface area contributed by atoms with Crippen LogP contribution in [0.5, 0.6) is 5.75 Å². The van der Waals surface area contributed by atoms with Gasteiger partial charge in [0.25, 0.3) is 0 Å². The number of hydrogen-bond donors (Lipinski definition) is 2. The Morgan fingerprint density at radius 3 is 1.95 bits per heavy atom. The zero-order valence-corrected chi connectivity index (χ0v) is 12.8. The third-order valence-corrected chi connectivity index (χ3v) is 3.27. The van der Waals surface area contributed by atoms with Gasteiger partial charge in [-0.2, -0.15) is 0 Å². The Morgan fingerprint density at radius 2 is 1.41 bits per heavy atom. The number of para-hydroxylation sites is 1. The van der Waals surface area contributed by atoms with Gasteiger partial charge in [-0.15, -0.1) is 0 Å². The van der Waals surface area contributed by atoms with Gasteiger partial charge in [0.2, 0.25) is 0 Å². The maximum Gasteiger partial charge on any atom is 0.314 e. The fourth-order valence-corrected chi connectivity index (χ4v) is 2.04. The van der Waals surface area contributed by atoms with E-state index in [-0.39, 0.29) is 0 Å². The zero-order valence-electron chi connectivity index (χ0n) is 12.8. The largest absolute Gasteiger partial charge is 0.497 e. The molecule has 0 atom stereocenters. The summed E-state index contributed by atoms with van der Waals surface area (Å²) in [4.78, 5) is 23.9. The third kappa shape index (κ3) is 3.63. The molecular formula is C17H18N2O3. The summed E-state index contributed by atoms with van der Waals surface area (Å²) < 4.78 is 5.03. The molecule has 2 rings (SSSR count). The van der Waals surface area contributed by atoms with Gasteiger partial charge in [0.05, 0.1) is 7.11 Å². The van der Waals surface area contributed by atoms with Crippen molar-refractivity contribution in [1.29, 1.82) is 0 Å². The molecule has 0 aliphatic heterocycles. The number of amides is 2. The Balaban J connectivity index is 2.04. The Hall–Kier alpha value is -2.82. The van der Waals surface area contributed by atoms with Crippen molar-refractivity contribution in [2.75, 3.05) is 17.7 Å². The van der Waals surface area contributed by atoms with Gasteiger partial charge in [-0.3, -0.25) is 9.59 Å². The van der Waals surface area contributed by atoms with Crippen LogP contribution < -0.4 is 15.4 Å². The van der Waals surface area contributed by atoms with Gasteiger partial charge < -0.3 is 15.4 Å². The van der Waals surface area contributed by atoms with Crippen LogP contribution in [0.1, 0.15) is 11.1 Å². The molecule has 5 heteroatoms. The minimum absolute atomic E-state index is 0.530. The van der Waals surface area contributed by atoms with Crippen LogP contribution in [0.3, 0.4) is 0 Å². The molecule has 114 valence electrons. The molecule has 0 heterocycles. The highest BCUT2D eigenvalue weighted by molar-refractivity contribution is 6.43. The summed E-state index contributed by atoms with van der Waals surface area (Å²) in [5.41, 5.74) is 3.01. The first-order chi connectivity index (χ1) is 10.5. The highest BCUT2D eigenvalue weighted by Crippen LogP contribution is 2.19. The van der Waals surface area contributed by atoms with Crippen molar-refractivity contribution in [2.24, 2.45) is 0 Å². The van der Waals surface area contributed by atoms with E-state index in [2.05, 4.69) is 10.6 Å². The molecule has 0 saturated heterocycles. The summed E-state index contributed by atoms with van der Waals surface area (Å²) in [7, 11) is 1.56. The van der Waals surface area contributed by atoms with E-state index >= 15 is 0 Å². The molecule has 0 fully saturated rings. The summed E-state index contributed by atoms with van der Waals surface area (Å²) in [6, 6.07) is 12.4. The predicted octanol–water partition coefficient (Wildman–Crippen LogP) is 2.89. The van der Waals surface area contributed by atoms with Crippen LogP contribution >= 0.6 is 0 Å². The fourth-order valence-electron chi connectivity index (χ4n) is 2.04. The number of anilines is 2. The number of methoxy groups -OCH3 is 1. The van der Waals surface area contributed by atoms with Gasteiger partial charge in [-0.25, -0.2) is 0 Å². The average molecular weight is 298 g/mol. The first-order valence-electron chi connectivity index (χ1n) is 6.84. The van der Waals surface area contributed by atoms with E-state index in [1.54, 1.807) is 31.4 Å². The van der Waals surface area contributed by atoms with E-state index in [9.17, 15) is 9.59 Å². The highest BCUT2D eigenvalue weighted by atomic mass is 16.5. The second-order valence-electron chi connectivity index (χ2n) is 4.90. The van der Waals surface area contributed by atoms with Crippen LogP contribution in [0, 0.1) is 13.8 Å². The number of carbonyl (C=O) groups is 2. The number of hydrogen-bond acceptors (Lipinski definition) is 3. The van der Waals surface area contributed by atoms with Crippen LogP contribution in [-0.4, -0.2) is 18.9 Å². The standard InChI is InChI=1S/C17H18N2O3/c1-11-5-4-6-12(2)15(11)19-17(21)16(20)18-13-7-9-14(22-3)10-8-13/h4-10H,1-3H3,(H,18,20)(H,19,21). The lowest BCUT2D eigenvalue weighted by Crippen LogP contribution is -2.29. The van der Waals surface area contributed by atoms with E-state index < -0.39 is 11.8 Å². The molecule has 0 radical (unpaired) electrons. The molecule has 2 aromatic rings. The van der Waals surface area contributed by atoms with E-state index in [1.807, 2.05) is 32.0 Å². The number of benzene rings is 2. The molecule has 2 amide bonds. The monoisotopic (exact) mass is 298 g/mol. The Kier molecular flexibility index (Phi) is 4.78. The van der Waals surface area contributed by atoms with Crippen molar-refractivity contribution in [3.63, 3.8) is 0 Å². The van der Waals surface area contributed by atoms with Crippen LogP contribution in [0.25, 0.3) is 0 Å². The van der Waals surface area contributed by atoms with Crippen molar-refractivity contribution in [3.05, 3.63) is 53.6 Å².